The fourth-order valence-corrected chi connectivity index (χ4v) is 4.84. The maximum atomic E-state index is 14.2. The summed E-state index contributed by atoms with van der Waals surface area (Å²) in [4.78, 5) is 6.34. The number of aliphatic imine (C=N–C) groups is 1. The summed E-state index contributed by atoms with van der Waals surface area (Å²) < 4.78 is 14.2. The van der Waals surface area contributed by atoms with Crippen molar-refractivity contribution in [1.29, 1.82) is 0 Å². The van der Waals surface area contributed by atoms with Crippen LogP contribution < -0.4 is 10.6 Å². The van der Waals surface area contributed by atoms with E-state index in [4.69, 9.17) is 5.73 Å². The lowest BCUT2D eigenvalue weighted by molar-refractivity contribution is 0.281. The summed E-state index contributed by atoms with van der Waals surface area (Å²) in [6, 6.07) is 6.82. The second-order valence-electron chi connectivity index (χ2n) is 6.52. The lowest BCUT2D eigenvalue weighted by Crippen LogP contribution is -2.58. The van der Waals surface area contributed by atoms with Gasteiger partial charge >= 0.3 is 0 Å². The van der Waals surface area contributed by atoms with Gasteiger partial charge in [-0.3, -0.25) is 4.99 Å². The van der Waals surface area contributed by atoms with Gasteiger partial charge in [0, 0.05) is 5.75 Å². The molecule has 1 aromatic carbocycles. The molecule has 0 aromatic heterocycles. The molecule has 3 rings (SSSR count). The smallest absolute Gasteiger partial charge is 0.196 e. The number of nitrogens with zero attached hydrogens (tertiary/aromatic N) is 2. The molecule has 5 heteroatoms. The van der Waals surface area contributed by atoms with Gasteiger partial charge in [-0.1, -0.05) is 26.0 Å². The lowest BCUT2D eigenvalue weighted by atomic mass is 9.79. The van der Waals surface area contributed by atoms with Gasteiger partial charge in [0.15, 0.2) is 5.96 Å². The van der Waals surface area contributed by atoms with Crippen molar-refractivity contribution in [3.05, 3.63) is 30.1 Å². The van der Waals surface area contributed by atoms with Crippen LogP contribution in [0.1, 0.15) is 20.3 Å². The number of anilines is 1. The molecule has 1 saturated heterocycles. The Bertz CT molecular complexity index is 558. The second-order valence-corrected chi connectivity index (χ2v) is 7.50. The summed E-state index contributed by atoms with van der Waals surface area (Å²) in [6.45, 7) is 5.17. The molecule has 2 aliphatic rings. The van der Waals surface area contributed by atoms with Crippen molar-refractivity contribution in [1.82, 2.24) is 0 Å². The van der Waals surface area contributed by atoms with E-state index < -0.39 is 0 Å². The third-order valence-electron chi connectivity index (χ3n) is 4.00. The van der Waals surface area contributed by atoms with Crippen LogP contribution in [0.2, 0.25) is 0 Å². The molecule has 2 aliphatic heterocycles. The van der Waals surface area contributed by atoms with E-state index in [1.807, 2.05) is 22.7 Å². The Labute approximate surface area is 123 Å². The molecule has 1 unspecified atom stereocenters. The summed E-state index contributed by atoms with van der Waals surface area (Å²) in [7, 11) is 0. The van der Waals surface area contributed by atoms with Crippen molar-refractivity contribution >= 4 is 23.4 Å². The largest absolute Gasteiger partial charge is 0.369 e. The van der Waals surface area contributed by atoms with Crippen LogP contribution in [0, 0.1) is 11.2 Å². The molecule has 2 heterocycles. The fourth-order valence-electron chi connectivity index (χ4n) is 3.38. The van der Waals surface area contributed by atoms with Crippen molar-refractivity contribution < 1.29 is 4.39 Å². The van der Waals surface area contributed by atoms with Crippen LogP contribution in [-0.2, 0) is 0 Å². The molecule has 1 fully saturated rings. The van der Waals surface area contributed by atoms with Gasteiger partial charge in [-0.25, -0.2) is 4.39 Å². The Morgan fingerprint density at radius 1 is 1.30 bits per heavy atom. The van der Waals surface area contributed by atoms with Gasteiger partial charge < -0.3 is 10.6 Å². The van der Waals surface area contributed by atoms with Gasteiger partial charge in [-0.2, -0.15) is 11.8 Å². The number of para-hydroxylation sites is 1. The maximum absolute atomic E-state index is 14.2. The molecule has 3 nitrogen and oxygen atoms in total. The number of guanidine groups is 1. The van der Waals surface area contributed by atoms with Crippen LogP contribution in [0.25, 0.3) is 0 Å². The molecular formula is C15H20FN3S. The Kier molecular flexibility index (Phi) is 3.20. The predicted molar refractivity (Wildman–Crippen MR) is 83.8 cm³/mol. The number of benzene rings is 1. The predicted octanol–water partition coefficient (Wildman–Crippen LogP) is 2.86. The molecule has 20 heavy (non-hydrogen) atoms. The fraction of sp³-hybridized carbons (Fsp3) is 0.533. The zero-order valence-corrected chi connectivity index (χ0v) is 12.7. The van der Waals surface area contributed by atoms with Crippen LogP contribution in [0.4, 0.5) is 10.1 Å². The van der Waals surface area contributed by atoms with Gasteiger partial charge in [0.25, 0.3) is 0 Å². The maximum Gasteiger partial charge on any atom is 0.196 e. The highest BCUT2D eigenvalue weighted by molar-refractivity contribution is 7.99. The first-order valence-corrected chi connectivity index (χ1v) is 8.02. The number of hydrogen-bond acceptors (Lipinski definition) is 4. The Morgan fingerprint density at radius 2 is 2.05 bits per heavy atom. The zero-order chi connectivity index (χ0) is 14.4. The van der Waals surface area contributed by atoms with E-state index in [-0.39, 0.29) is 16.8 Å². The third kappa shape index (κ3) is 2.18. The first-order valence-electron chi connectivity index (χ1n) is 6.86. The topological polar surface area (TPSA) is 41.6 Å². The van der Waals surface area contributed by atoms with Crippen molar-refractivity contribution in [2.24, 2.45) is 16.1 Å². The van der Waals surface area contributed by atoms with E-state index in [2.05, 4.69) is 18.8 Å². The molecule has 0 radical (unpaired) electrons. The van der Waals surface area contributed by atoms with Gasteiger partial charge in [0.2, 0.25) is 0 Å². The van der Waals surface area contributed by atoms with Crippen LogP contribution in [0.5, 0.6) is 0 Å². The summed E-state index contributed by atoms with van der Waals surface area (Å²) in [5, 5.41) is 0. The highest BCUT2D eigenvalue weighted by Crippen LogP contribution is 2.45. The third-order valence-corrected chi connectivity index (χ3v) is 5.73. The highest BCUT2D eigenvalue weighted by atomic mass is 32.2. The average molecular weight is 293 g/mol. The molecule has 0 aliphatic carbocycles. The number of rotatable bonds is 1. The van der Waals surface area contributed by atoms with Crippen molar-refractivity contribution in [3.63, 3.8) is 0 Å². The van der Waals surface area contributed by atoms with Crippen molar-refractivity contribution in [2.45, 2.75) is 25.8 Å². The summed E-state index contributed by atoms with van der Waals surface area (Å²) in [5.41, 5.74) is 6.65. The molecule has 2 N–H and O–H groups in total. The summed E-state index contributed by atoms with van der Waals surface area (Å²) in [6.07, 6.45) is 0.978. The Hall–Kier alpha value is -1.23. The van der Waals surface area contributed by atoms with E-state index in [0.29, 0.717) is 18.2 Å². The Morgan fingerprint density at radius 3 is 2.75 bits per heavy atom. The standard InChI is InChI=1S/C15H20FN3S/c1-14(2)7-15(10-20-9-14)8-18-13(17)19(15)12-6-4-3-5-11(12)16/h3-6H,7-10H2,1-2H3,(H2,17,18). The van der Waals surface area contributed by atoms with E-state index in [1.165, 1.54) is 6.07 Å². The van der Waals surface area contributed by atoms with Gasteiger partial charge in [0.05, 0.1) is 17.8 Å². The molecule has 1 aromatic rings. The van der Waals surface area contributed by atoms with E-state index in [0.717, 1.165) is 17.9 Å². The molecule has 0 saturated carbocycles. The minimum absolute atomic E-state index is 0.182. The highest BCUT2D eigenvalue weighted by Gasteiger charge is 2.49. The monoisotopic (exact) mass is 293 g/mol. The molecule has 0 bridgehead atoms. The minimum atomic E-state index is -0.236. The van der Waals surface area contributed by atoms with Crippen LogP contribution in [-0.4, -0.2) is 29.5 Å². The van der Waals surface area contributed by atoms with Crippen molar-refractivity contribution in [2.75, 3.05) is 23.0 Å². The molecule has 1 spiro atoms. The Balaban J connectivity index is 2.03. The van der Waals surface area contributed by atoms with Gasteiger partial charge in [0.1, 0.15) is 5.82 Å². The average Bonchev–Trinajstić information content (AvgIpc) is 2.66. The van der Waals surface area contributed by atoms with Gasteiger partial charge in [-0.05, 0) is 29.7 Å². The summed E-state index contributed by atoms with van der Waals surface area (Å²) in [5.74, 6) is 2.27. The van der Waals surface area contributed by atoms with Crippen LogP contribution in [0.15, 0.2) is 29.3 Å². The number of halogens is 1. The summed E-state index contributed by atoms with van der Waals surface area (Å²) >= 11 is 1.91. The van der Waals surface area contributed by atoms with E-state index >= 15 is 0 Å². The first kappa shape index (κ1) is 13.7. The van der Waals surface area contributed by atoms with Crippen LogP contribution in [0.3, 0.4) is 0 Å². The lowest BCUT2D eigenvalue weighted by Gasteiger charge is -2.47. The number of nitrogens with two attached hydrogens (primary N) is 1. The number of hydrogen-bond donors (Lipinski definition) is 1. The number of thioether (sulfide) groups is 1. The van der Waals surface area contributed by atoms with Crippen molar-refractivity contribution in [3.8, 4) is 0 Å². The first-order chi connectivity index (χ1) is 9.44. The van der Waals surface area contributed by atoms with E-state index in [9.17, 15) is 4.39 Å². The minimum Gasteiger partial charge on any atom is -0.369 e. The SMILES string of the molecule is CC1(C)CSCC2(CN=C(N)N2c2ccccc2F)C1. The molecule has 108 valence electrons. The quantitative estimate of drug-likeness (QED) is 0.865. The molecular weight excluding hydrogens is 273 g/mol. The second kappa shape index (κ2) is 4.65. The van der Waals surface area contributed by atoms with Gasteiger partial charge in [-0.15, -0.1) is 0 Å². The van der Waals surface area contributed by atoms with Crippen LogP contribution >= 0.6 is 11.8 Å². The van der Waals surface area contributed by atoms with E-state index in [1.54, 1.807) is 12.1 Å². The molecule has 1 atom stereocenters. The molecule has 0 amide bonds. The zero-order valence-electron chi connectivity index (χ0n) is 11.9. The normalized spacial score (nSPS) is 28.8.